The number of hydrogen-bond donors (Lipinski definition) is 2. The zero-order chi connectivity index (χ0) is 34.9. The molecule has 0 unspecified atom stereocenters. The summed E-state index contributed by atoms with van der Waals surface area (Å²) in [5.41, 5.74) is 3.37. The van der Waals surface area contributed by atoms with Crippen molar-refractivity contribution in [3.8, 4) is 45.6 Å². The van der Waals surface area contributed by atoms with E-state index in [-0.39, 0.29) is 69.2 Å². The van der Waals surface area contributed by atoms with Crippen molar-refractivity contribution in [2.75, 3.05) is 0 Å². The van der Waals surface area contributed by atoms with Gasteiger partial charge in [-0.15, -0.1) is 0 Å². The second kappa shape index (κ2) is 12.0. The highest BCUT2D eigenvalue weighted by Gasteiger charge is 2.31. The number of nitrogens with one attached hydrogen (secondary N) is 2. The molecule has 2 N–H and O–H groups in total. The van der Waals surface area contributed by atoms with Crippen LogP contribution in [0.25, 0.3) is 89.7 Å². The summed E-state index contributed by atoms with van der Waals surface area (Å²) in [6.45, 7) is 0. The third-order valence-corrected chi connectivity index (χ3v) is 14.0. The first kappa shape index (κ1) is 33.4. The highest BCUT2D eigenvalue weighted by atomic mass is 79.9. The number of halogens is 10. The molecule has 0 spiro atoms. The first-order valence-corrected chi connectivity index (χ1v) is 18.7. The highest BCUT2D eigenvalue weighted by molar-refractivity contribution is 9.13. The van der Waals surface area contributed by atoms with E-state index in [1.165, 1.54) is 0 Å². The van der Waals surface area contributed by atoms with Crippen LogP contribution in [0.15, 0.2) is 45.3 Å². The SMILES string of the molecule is Clc1ccc2c3nc4nc(nc5[nH]c(nc6nc(nc([nH]3)c2c1Cl)-c1c(Cl)c(Cl)c(Cl)c(Cl)c1-6)c1c(Cl)c(Cl)c(Br)c(Br)c51)-c1ccccc1-4. The molecule has 7 aromatic rings. The molecule has 246 valence electrons. The lowest BCUT2D eigenvalue weighted by atomic mass is 10.1. The average Bonchev–Trinajstić information content (AvgIpc) is 3.84. The summed E-state index contributed by atoms with van der Waals surface area (Å²) in [6.07, 6.45) is 0. The molecule has 3 aromatic heterocycles. The zero-order valence-corrected chi connectivity index (χ0v) is 33.1. The number of H-pyrrole nitrogens is 2. The first-order chi connectivity index (χ1) is 23.9. The molecule has 8 bridgehead atoms. The van der Waals surface area contributed by atoms with Gasteiger partial charge < -0.3 is 9.97 Å². The van der Waals surface area contributed by atoms with Crippen LogP contribution in [-0.4, -0.2) is 39.9 Å². The van der Waals surface area contributed by atoms with E-state index in [0.29, 0.717) is 58.5 Å². The number of hydrogen-bond acceptors (Lipinski definition) is 6. The van der Waals surface area contributed by atoms with Gasteiger partial charge in [0.1, 0.15) is 22.6 Å². The number of fused-ring (bicyclic) bond motifs is 20. The molecule has 18 heteroatoms. The fraction of sp³-hybridized carbons (Fsp3) is 0. The maximum Gasteiger partial charge on any atom is 0.166 e. The topological polar surface area (TPSA) is 109 Å². The van der Waals surface area contributed by atoms with Crippen LogP contribution >= 0.6 is 125 Å². The third-order valence-electron chi connectivity index (χ3n) is 8.22. The van der Waals surface area contributed by atoms with Gasteiger partial charge in [0, 0.05) is 37.1 Å². The fourth-order valence-corrected chi connectivity index (χ4v) is 9.10. The molecule has 0 amide bonds. The third kappa shape index (κ3) is 4.77. The molecule has 50 heavy (non-hydrogen) atoms. The van der Waals surface area contributed by atoms with Crippen molar-refractivity contribution in [3.05, 3.63) is 85.5 Å². The average molecular weight is 948 g/mol. The maximum absolute atomic E-state index is 6.92. The number of aromatic nitrogens is 8. The Morgan fingerprint density at radius 3 is 1.54 bits per heavy atom. The Kier molecular flexibility index (Phi) is 8.03. The summed E-state index contributed by atoms with van der Waals surface area (Å²) < 4.78 is 1.09. The summed E-state index contributed by atoms with van der Waals surface area (Å²) in [6, 6.07) is 11.1. The van der Waals surface area contributed by atoms with Crippen molar-refractivity contribution in [1.29, 1.82) is 0 Å². The van der Waals surface area contributed by atoms with E-state index in [4.69, 9.17) is 123 Å². The van der Waals surface area contributed by atoms with Gasteiger partial charge in [-0.05, 0) is 44.0 Å². The lowest BCUT2D eigenvalue weighted by molar-refractivity contribution is 1.19. The molecule has 0 radical (unpaired) electrons. The van der Waals surface area contributed by atoms with E-state index in [2.05, 4.69) is 41.8 Å². The molecular formula is C32H8Br2Cl8N8. The molecule has 2 aliphatic heterocycles. The van der Waals surface area contributed by atoms with Crippen molar-refractivity contribution in [2.45, 2.75) is 0 Å². The minimum atomic E-state index is 0.0119. The predicted molar refractivity (Wildman–Crippen MR) is 212 cm³/mol. The van der Waals surface area contributed by atoms with Gasteiger partial charge in [0.25, 0.3) is 0 Å². The van der Waals surface area contributed by atoms with Gasteiger partial charge in [0.15, 0.2) is 23.3 Å². The molecule has 0 atom stereocenters. The van der Waals surface area contributed by atoms with Gasteiger partial charge >= 0.3 is 0 Å². The number of nitrogens with zero attached hydrogens (tertiary/aromatic N) is 6. The highest BCUT2D eigenvalue weighted by Crippen LogP contribution is 2.52. The maximum atomic E-state index is 6.92. The van der Waals surface area contributed by atoms with E-state index in [1.54, 1.807) is 12.1 Å². The fourth-order valence-electron chi connectivity index (χ4n) is 5.99. The Morgan fingerprint density at radius 2 is 0.920 bits per heavy atom. The molecule has 0 saturated heterocycles. The van der Waals surface area contributed by atoms with E-state index in [9.17, 15) is 0 Å². The van der Waals surface area contributed by atoms with Gasteiger partial charge in [-0.2, -0.15) is 0 Å². The molecule has 0 fully saturated rings. The Morgan fingerprint density at radius 1 is 0.420 bits per heavy atom. The van der Waals surface area contributed by atoms with Crippen LogP contribution in [0, 0.1) is 0 Å². The normalized spacial score (nSPS) is 12.2. The largest absolute Gasteiger partial charge is 0.324 e. The summed E-state index contributed by atoms with van der Waals surface area (Å²) in [5, 5.41) is 3.25. The van der Waals surface area contributed by atoms with Crippen LogP contribution in [0.5, 0.6) is 0 Å². The standard InChI is InChI=1S/C32H8Br2Cl8N8/c33-16-12-13(19(37)22(40)17(16)34)30-48-29(12)45-26-8-4-2-1-3-7(8)25(43-26)44-27-9-5-6-10(35)18(36)11(9)28(46-27)47-31-14-15(32(49-30)50-31)21(39)24(42)23(41)20(14)38/h1-6H,(H2,43,44,45,46,47,48,49,50). The zero-order valence-electron chi connectivity index (χ0n) is 23.9. The van der Waals surface area contributed by atoms with Gasteiger partial charge in [0.05, 0.1) is 55.8 Å². The van der Waals surface area contributed by atoms with Crippen LogP contribution < -0.4 is 0 Å². The monoisotopic (exact) mass is 942 g/mol. The van der Waals surface area contributed by atoms with Crippen LogP contribution in [0.4, 0.5) is 0 Å². The summed E-state index contributed by atoms with van der Waals surface area (Å²) in [4.78, 5) is 36.0. The predicted octanol–water partition coefficient (Wildman–Crippen LogP) is 13.6. The number of benzene rings is 4. The minimum Gasteiger partial charge on any atom is -0.324 e. The van der Waals surface area contributed by atoms with E-state index in [0.717, 1.165) is 11.1 Å². The van der Waals surface area contributed by atoms with E-state index in [1.807, 2.05) is 24.3 Å². The minimum absolute atomic E-state index is 0.0119. The summed E-state index contributed by atoms with van der Waals surface area (Å²) >= 11 is 60.9. The Bertz CT molecular complexity index is 2910. The number of aromatic amines is 2. The van der Waals surface area contributed by atoms with Crippen molar-refractivity contribution in [2.24, 2.45) is 0 Å². The smallest absolute Gasteiger partial charge is 0.166 e. The first-order valence-electron chi connectivity index (χ1n) is 14.1. The quantitative estimate of drug-likeness (QED) is 0.116. The van der Waals surface area contributed by atoms with Crippen LogP contribution in [0.3, 0.4) is 0 Å². The second-order valence-corrected chi connectivity index (χ2v) is 15.6. The van der Waals surface area contributed by atoms with Crippen LogP contribution in [-0.2, 0) is 0 Å². The Labute approximate surface area is 336 Å². The molecule has 9 rings (SSSR count). The molecule has 4 aromatic carbocycles. The van der Waals surface area contributed by atoms with Crippen molar-refractivity contribution < 1.29 is 0 Å². The van der Waals surface area contributed by atoms with Crippen molar-refractivity contribution in [1.82, 2.24) is 39.9 Å². The van der Waals surface area contributed by atoms with Crippen LogP contribution in [0.1, 0.15) is 0 Å². The summed E-state index contributed by atoms with van der Waals surface area (Å²) in [5.74, 6) is 0.980. The lowest BCUT2D eigenvalue weighted by Gasteiger charge is -2.09. The molecule has 5 heterocycles. The lowest BCUT2D eigenvalue weighted by Crippen LogP contribution is -1.88. The van der Waals surface area contributed by atoms with Gasteiger partial charge in [-0.3, -0.25) is 0 Å². The van der Waals surface area contributed by atoms with Crippen molar-refractivity contribution in [3.63, 3.8) is 0 Å². The Hall–Kier alpha value is -2.48. The second-order valence-electron chi connectivity index (χ2n) is 11.0. The van der Waals surface area contributed by atoms with E-state index >= 15 is 0 Å². The van der Waals surface area contributed by atoms with Gasteiger partial charge in [-0.25, -0.2) is 29.9 Å². The van der Waals surface area contributed by atoms with E-state index < -0.39 is 0 Å². The number of rotatable bonds is 0. The van der Waals surface area contributed by atoms with Gasteiger partial charge in [0.2, 0.25) is 0 Å². The summed E-state index contributed by atoms with van der Waals surface area (Å²) in [7, 11) is 0. The molecular weight excluding hydrogens is 940 g/mol. The molecule has 2 aliphatic rings. The van der Waals surface area contributed by atoms with Gasteiger partial charge in [-0.1, -0.05) is 117 Å². The molecule has 8 nitrogen and oxygen atoms in total. The van der Waals surface area contributed by atoms with Crippen LogP contribution in [0.2, 0.25) is 40.2 Å². The van der Waals surface area contributed by atoms with Crippen molar-refractivity contribution >= 4 is 169 Å². The molecule has 0 aliphatic carbocycles. The molecule has 0 saturated carbocycles. The Balaban J connectivity index is 1.57.